The molecule has 0 fully saturated rings. The lowest BCUT2D eigenvalue weighted by atomic mass is 9.71. The van der Waals surface area contributed by atoms with Crippen LogP contribution in [-0.2, 0) is 48.2 Å². The number of carboxylic acids is 1. The second-order valence-electron chi connectivity index (χ2n) is 15.9. The second-order valence-corrected chi connectivity index (χ2v) is 20.9. The molecule has 0 amide bonds. The molecular weight excluding hydrogens is 875 g/mol. The quantitative estimate of drug-likeness (QED) is 0.0909. The number of rotatable bonds is 7. The maximum absolute atomic E-state index is 14.5. The van der Waals surface area contributed by atoms with Crippen molar-refractivity contribution in [3.8, 4) is 11.5 Å². The van der Waals surface area contributed by atoms with Crippen LogP contribution >= 0.6 is 46.6 Å². The Morgan fingerprint density at radius 3 is 2.10 bits per heavy atom. The van der Waals surface area contributed by atoms with Crippen LogP contribution in [0.15, 0.2) is 29.2 Å². The number of nitrogens with zero attached hydrogens (tertiary/aromatic N) is 2. The highest BCUT2D eigenvalue weighted by Gasteiger charge is 2.59. The third-order valence-corrected chi connectivity index (χ3v) is 15.7. The summed E-state index contributed by atoms with van der Waals surface area (Å²) < 4.78 is 84.3. The number of anilines is 2. The van der Waals surface area contributed by atoms with Crippen LogP contribution in [0.25, 0.3) is 11.1 Å². The van der Waals surface area contributed by atoms with E-state index in [-0.39, 0.29) is 48.3 Å². The second kappa shape index (κ2) is 13.3. The van der Waals surface area contributed by atoms with Crippen LogP contribution in [0.1, 0.15) is 82.9 Å². The molecule has 2 atom stereocenters. The Kier molecular flexibility index (Phi) is 9.13. The maximum atomic E-state index is 14.5. The minimum absolute atomic E-state index is 0.0489. The molecule has 3 aromatic rings. The number of halogens is 3. The van der Waals surface area contributed by atoms with Crippen molar-refractivity contribution in [2.24, 2.45) is 0 Å². The summed E-state index contributed by atoms with van der Waals surface area (Å²) in [5, 5.41) is 9.16. The number of carbonyl (C=O) groups excluding carboxylic acids is 1. The van der Waals surface area contributed by atoms with Gasteiger partial charge in [-0.15, -0.1) is 11.8 Å². The van der Waals surface area contributed by atoms with Gasteiger partial charge in [0.25, 0.3) is 20.2 Å². The Balaban J connectivity index is 1.45. The zero-order chi connectivity index (χ0) is 41.6. The first-order chi connectivity index (χ1) is 27.1. The van der Waals surface area contributed by atoms with Gasteiger partial charge in [0.2, 0.25) is 0 Å². The van der Waals surface area contributed by atoms with Gasteiger partial charge >= 0.3 is 11.9 Å². The molecule has 306 valence electrons. The van der Waals surface area contributed by atoms with Crippen molar-refractivity contribution in [1.82, 2.24) is 0 Å². The van der Waals surface area contributed by atoms with Crippen LogP contribution in [-0.4, -0.2) is 84.9 Å². The summed E-state index contributed by atoms with van der Waals surface area (Å²) in [5.41, 5.74) is 2.04. The highest BCUT2D eigenvalue weighted by molar-refractivity contribution is 8.00. The Bertz CT molecular complexity index is 2750. The fourth-order valence-corrected chi connectivity index (χ4v) is 13.0. The lowest BCUT2D eigenvalue weighted by Crippen LogP contribution is -2.48. The van der Waals surface area contributed by atoms with Crippen LogP contribution in [0.4, 0.5) is 11.4 Å². The van der Waals surface area contributed by atoms with Crippen LogP contribution in [0.2, 0.25) is 15.1 Å². The SMILES string of the molecule is CC1C=C(CS(=O)(=O)O)c2cc3c(c4c2N1CCC4)Oc1c(cc2c4c1CCCN4C(C)(C)C=C2CS(=O)(=O)O)C31OC(=O)c2c(Cl)c(Cl)c(SCC(=O)O)c(Cl)c21. The molecule has 0 aliphatic carbocycles. The zero-order valence-electron chi connectivity index (χ0n) is 31.1. The minimum atomic E-state index is -4.56. The molecule has 58 heavy (non-hydrogen) atoms. The molecule has 19 heteroatoms. The van der Waals surface area contributed by atoms with E-state index in [4.69, 9.17) is 44.3 Å². The lowest BCUT2D eigenvalue weighted by Gasteiger charge is -2.49. The summed E-state index contributed by atoms with van der Waals surface area (Å²) in [6.07, 6.45) is 5.88. The molecule has 9 rings (SSSR count). The largest absolute Gasteiger partial charge is 0.481 e. The van der Waals surface area contributed by atoms with E-state index in [0.717, 1.165) is 11.8 Å². The molecule has 1 spiro atoms. The first-order valence-corrected chi connectivity index (χ1v) is 23.7. The van der Waals surface area contributed by atoms with Crippen molar-refractivity contribution in [3.05, 3.63) is 83.9 Å². The van der Waals surface area contributed by atoms with Crippen LogP contribution in [0.3, 0.4) is 0 Å². The molecule has 6 aliphatic heterocycles. The topological polar surface area (TPSA) is 188 Å². The first-order valence-electron chi connectivity index (χ1n) is 18.4. The number of fused-ring (bicyclic) bond motifs is 8. The van der Waals surface area contributed by atoms with Gasteiger partial charge in [-0.1, -0.05) is 47.0 Å². The molecular formula is C39H35Cl3N2O11S3. The zero-order valence-corrected chi connectivity index (χ0v) is 35.8. The highest BCUT2D eigenvalue weighted by Crippen LogP contribution is 2.65. The van der Waals surface area contributed by atoms with Gasteiger partial charge in [-0.3, -0.25) is 13.9 Å². The van der Waals surface area contributed by atoms with Crippen LogP contribution in [0, 0.1) is 0 Å². The maximum Gasteiger partial charge on any atom is 0.341 e. The third-order valence-electron chi connectivity index (χ3n) is 11.8. The van der Waals surface area contributed by atoms with Gasteiger partial charge in [0.15, 0.2) is 5.60 Å². The molecule has 6 aliphatic rings. The summed E-state index contributed by atoms with van der Waals surface area (Å²) >= 11 is 21.8. The van der Waals surface area contributed by atoms with E-state index in [1.165, 1.54) is 0 Å². The molecule has 6 heterocycles. The lowest BCUT2D eigenvalue weighted by molar-refractivity contribution is -0.133. The summed E-state index contributed by atoms with van der Waals surface area (Å²) in [6.45, 7) is 7.10. The molecule has 3 N–H and O–H groups in total. The number of hydrogen-bond acceptors (Lipinski definition) is 11. The Morgan fingerprint density at radius 2 is 1.48 bits per heavy atom. The highest BCUT2D eigenvalue weighted by atomic mass is 35.5. The van der Waals surface area contributed by atoms with Crippen molar-refractivity contribution in [2.75, 3.05) is 40.1 Å². The van der Waals surface area contributed by atoms with Gasteiger partial charge in [0, 0.05) is 63.0 Å². The molecule has 13 nitrogen and oxygen atoms in total. The van der Waals surface area contributed by atoms with Crippen molar-refractivity contribution in [1.29, 1.82) is 0 Å². The smallest absolute Gasteiger partial charge is 0.341 e. The molecule has 2 unspecified atom stereocenters. The Morgan fingerprint density at radius 1 is 0.897 bits per heavy atom. The Hall–Kier alpha value is -3.48. The summed E-state index contributed by atoms with van der Waals surface area (Å²) in [6, 6.07) is 3.11. The third kappa shape index (κ3) is 5.91. The Labute approximate surface area is 353 Å². The van der Waals surface area contributed by atoms with Gasteiger partial charge in [0.1, 0.15) is 23.0 Å². The monoisotopic (exact) mass is 908 g/mol. The average molecular weight is 910 g/mol. The predicted molar refractivity (Wildman–Crippen MR) is 222 cm³/mol. The number of benzene rings is 3. The fourth-order valence-electron chi connectivity index (χ4n) is 9.80. The van der Waals surface area contributed by atoms with E-state index in [1.54, 1.807) is 24.3 Å². The van der Waals surface area contributed by atoms with Crippen molar-refractivity contribution >= 4 is 101 Å². The summed E-state index contributed by atoms with van der Waals surface area (Å²) in [5.74, 6) is -3.28. The van der Waals surface area contributed by atoms with Crippen molar-refractivity contribution < 1.29 is 50.1 Å². The molecule has 3 aromatic carbocycles. The van der Waals surface area contributed by atoms with Gasteiger partial charge < -0.3 is 24.4 Å². The van der Waals surface area contributed by atoms with E-state index in [2.05, 4.69) is 9.80 Å². The minimum Gasteiger partial charge on any atom is -0.481 e. The summed E-state index contributed by atoms with van der Waals surface area (Å²) in [7, 11) is -9.09. The molecule has 0 saturated heterocycles. The number of hydrogen-bond donors (Lipinski definition) is 3. The normalized spacial score (nSPS) is 22.2. The molecule has 0 radical (unpaired) electrons. The average Bonchev–Trinajstić information content (AvgIpc) is 3.43. The number of thioether (sulfide) groups is 1. The van der Waals surface area contributed by atoms with Gasteiger partial charge in [-0.2, -0.15) is 16.8 Å². The van der Waals surface area contributed by atoms with E-state index >= 15 is 0 Å². The van der Waals surface area contributed by atoms with E-state index in [0.29, 0.717) is 95.0 Å². The fraction of sp³-hybridized carbons (Fsp3) is 0.385. The van der Waals surface area contributed by atoms with Crippen LogP contribution in [0.5, 0.6) is 11.5 Å². The van der Waals surface area contributed by atoms with E-state index in [9.17, 15) is 40.6 Å². The number of carboxylic acid groups (broad SMARTS) is 1. The summed E-state index contributed by atoms with van der Waals surface area (Å²) in [4.78, 5) is 30.7. The van der Waals surface area contributed by atoms with E-state index in [1.807, 2.05) is 20.8 Å². The van der Waals surface area contributed by atoms with E-state index < -0.39 is 60.6 Å². The first kappa shape index (κ1) is 40.0. The van der Waals surface area contributed by atoms with Gasteiger partial charge in [-0.05, 0) is 69.7 Å². The standard InChI is InChI=1S/C39H35Cl3N2O11S3/c1-17-10-18(15-57(48,49)50)22-11-24-34(20-6-4-8-43(17)32(20)22)54-35-21-7-5-9-44-33(21)23(19(13-38(44,2)3)16-58(51,52)53)12-25(35)39(24)28-27(37(47)55-39)29(40)31(42)36(30(28)41)56-14-26(45)46/h10-13,17H,4-9,14-16H2,1-3H3,(H,45,46)(H,48,49,50)(H,51,52,53). The van der Waals surface area contributed by atoms with Gasteiger partial charge in [0.05, 0.1) is 43.3 Å². The molecule has 0 bridgehead atoms. The number of ether oxygens (including phenoxy) is 2. The van der Waals surface area contributed by atoms with Gasteiger partial charge in [-0.25, -0.2) is 4.79 Å². The van der Waals surface area contributed by atoms with Crippen molar-refractivity contribution in [3.63, 3.8) is 0 Å². The molecule has 0 saturated carbocycles. The van der Waals surface area contributed by atoms with Crippen molar-refractivity contribution in [2.45, 2.75) is 68.5 Å². The van der Waals surface area contributed by atoms with Crippen LogP contribution < -0.4 is 14.5 Å². The number of esters is 1. The predicted octanol–water partition coefficient (Wildman–Crippen LogP) is 7.63. The number of aliphatic carboxylic acids is 1. The number of carbonyl (C=O) groups is 2. The molecule has 0 aromatic heterocycles.